The molecule has 1 aliphatic heterocycles. The molecule has 1 aromatic carbocycles. The van der Waals surface area contributed by atoms with Gasteiger partial charge in [0.15, 0.2) is 11.5 Å². The average Bonchev–Trinajstić information content (AvgIpc) is 2.66. The summed E-state index contributed by atoms with van der Waals surface area (Å²) in [5.41, 5.74) is 6.74. The number of ether oxygens (including phenoxy) is 5. The third-order valence-corrected chi connectivity index (χ3v) is 4.12. The maximum Gasteiger partial charge on any atom is 0.338 e. The van der Waals surface area contributed by atoms with E-state index in [1.54, 1.807) is 26.0 Å². The van der Waals surface area contributed by atoms with Crippen LogP contribution < -0.4 is 19.9 Å². The van der Waals surface area contributed by atoms with Crippen molar-refractivity contribution in [3.63, 3.8) is 0 Å². The van der Waals surface area contributed by atoms with E-state index in [-0.39, 0.29) is 29.4 Å². The zero-order chi connectivity index (χ0) is 20.1. The van der Waals surface area contributed by atoms with Gasteiger partial charge in [0.2, 0.25) is 11.6 Å². The van der Waals surface area contributed by atoms with Gasteiger partial charge in [-0.05, 0) is 31.5 Å². The molecule has 0 aliphatic carbocycles. The minimum atomic E-state index is -0.795. The third-order valence-electron chi connectivity index (χ3n) is 4.12. The molecule has 0 unspecified atom stereocenters. The SMILES string of the molecule is CCOC(=O)C1=C(C)OC(N)=C(C#N)[C@@H]1c1cc(OC)c(OC)c(OC)c1. The molecule has 1 aromatic rings. The number of methoxy groups -OCH3 is 3. The first-order valence-corrected chi connectivity index (χ1v) is 8.18. The van der Waals surface area contributed by atoms with Crippen molar-refractivity contribution >= 4 is 5.97 Å². The van der Waals surface area contributed by atoms with Gasteiger partial charge in [-0.25, -0.2) is 4.79 Å². The standard InChI is InChI=1S/C19H22N2O6/c1-6-26-19(22)15-10(2)27-18(21)12(9-20)16(15)11-7-13(23-3)17(25-5)14(8-11)24-4/h7-8,16H,6,21H2,1-5H3/t16-/m0/s1. The van der Waals surface area contributed by atoms with Crippen molar-refractivity contribution in [2.24, 2.45) is 5.73 Å². The topological polar surface area (TPSA) is 113 Å². The second-order valence-electron chi connectivity index (χ2n) is 5.57. The molecule has 0 radical (unpaired) electrons. The molecule has 8 nitrogen and oxygen atoms in total. The number of esters is 1. The summed E-state index contributed by atoms with van der Waals surface area (Å²) in [6.45, 7) is 3.47. The van der Waals surface area contributed by atoms with E-state index in [0.29, 0.717) is 22.8 Å². The van der Waals surface area contributed by atoms with E-state index in [9.17, 15) is 10.1 Å². The van der Waals surface area contributed by atoms with Gasteiger partial charge in [0.05, 0.1) is 39.4 Å². The molecule has 144 valence electrons. The summed E-state index contributed by atoms with van der Waals surface area (Å²) in [7, 11) is 4.45. The number of nitriles is 1. The average molecular weight is 374 g/mol. The summed E-state index contributed by atoms with van der Waals surface area (Å²) in [5.74, 6) is -0.0224. The molecule has 0 spiro atoms. The van der Waals surface area contributed by atoms with Crippen molar-refractivity contribution in [2.75, 3.05) is 27.9 Å². The molecular weight excluding hydrogens is 352 g/mol. The summed E-state index contributed by atoms with van der Waals surface area (Å²) >= 11 is 0. The molecule has 2 rings (SSSR count). The summed E-state index contributed by atoms with van der Waals surface area (Å²) in [6, 6.07) is 5.35. The first kappa shape index (κ1) is 20.0. The molecule has 8 heteroatoms. The van der Waals surface area contributed by atoms with Gasteiger partial charge < -0.3 is 29.4 Å². The first-order valence-electron chi connectivity index (χ1n) is 8.18. The van der Waals surface area contributed by atoms with E-state index < -0.39 is 11.9 Å². The van der Waals surface area contributed by atoms with E-state index in [1.807, 2.05) is 6.07 Å². The number of hydrogen-bond donors (Lipinski definition) is 1. The van der Waals surface area contributed by atoms with Crippen LogP contribution in [0.2, 0.25) is 0 Å². The summed E-state index contributed by atoms with van der Waals surface area (Å²) in [5, 5.41) is 9.63. The van der Waals surface area contributed by atoms with Gasteiger partial charge in [0.25, 0.3) is 0 Å². The van der Waals surface area contributed by atoms with E-state index >= 15 is 0 Å². The van der Waals surface area contributed by atoms with Crippen LogP contribution in [0.5, 0.6) is 17.2 Å². The molecule has 0 bridgehead atoms. The Hall–Kier alpha value is -3.34. The fourth-order valence-corrected chi connectivity index (χ4v) is 2.96. The molecular formula is C19H22N2O6. The molecule has 27 heavy (non-hydrogen) atoms. The Morgan fingerprint density at radius 2 is 1.81 bits per heavy atom. The number of nitrogens with two attached hydrogens (primary N) is 1. The number of rotatable bonds is 6. The molecule has 0 fully saturated rings. The van der Waals surface area contributed by atoms with Crippen LogP contribution in [0, 0.1) is 11.3 Å². The first-order chi connectivity index (χ1) is 12.9. The Bertz CT molecular complexity index is 825. The Morgan fingerprint density at radius 3 is 2.26 bits per heavy atom. The van der Waals surface area contributed by atoms with Gasteiger partial charge in [-0.3, -0.25) is 0 Å². The molecule has 0 saturated carbocycles. The largest absolute Gasteiger partial charge is 0.493 e. The van der Waals surface area contributed by atoms with Gasteiger partial charge >= 0.3 is 5.97 Å². The Balaban J connectivity index is 2.75. The molecule has 0 saturated heterocycles. The number of hydrogen-bond acceptors (Lipinski definition) is 8. The maximum absolute atomic E-state index is 12.6. The number of allylic oxidation sites excluding steroid dienone is 2. The Morgan fingerprint density at radius 1 is 1.22 bits per heavy atom. The normalized spacial score (nSPS) is 16.4. The fraction of sp³-hybridized carbons (Fsp3) is 0.368. The zero-order valence-corrected chi connectivity index (χ0v) is 15.9. The van der Waals surface area contributed by atoms with Crippen LogP contribution in [0.4, 0.5) is 0 Å². The smallest absolute Gasteiger partial charge is 0.338 e. The van der Waals surface area contributed by atoms with E-state index in [0.717, 1.165) is 0 Å². The van der Waals surface area contributed by atoms with Crippen LogP contribution in [0.1, 0.15) is 25.3 Å². The van der Waals surface area contributed by atoms with Crippen LogP contribution in [-0.4, -0.2) is 33.9 Å². The van der Waals surface area contributed by atoms with Crippen LogP contribution in [0.25, 0.3) is 0 Å². The van der Waals surface area contributed by atoms with Gasteiger partial charge in [0.1, 0.15) is 17.4 Å². The molecule has 0 amide bonds. The van der Waals surface area contributed by atoms with E-state index in [1.165, 1.54) is 21.3 Å². The molecule has 1 aliphatic rings. The zero-order valence-electron chi connectivity index (χ0n) is 15.9. The van der Waals surface area contributed by atoms with Crippen molar-refractivity contribution in [3.8, 4) is 23.3 Å². The predicted octanol–water partition coefficient (Wildman–Crippen LogP) is 2.36. The van der Waals surface area contributed by atoms with Crippen molar-refractivity contribution in [3.05, 3.63) is 40.5 Å². The van der Waals surface area contributed by atoms with Crippen LogP contribution in [-0.2, 0) is 14.3 Å². The lowest BCUT2D eigenvalue weighted by Gasteiger charge is -2.27. The number of nitrogens with zero attached hydrogens (tertiary/aromatic N) is 1. The molecule has 0 aromatic heterocycles. The highest BCUT2D eigenvalue weighted by Crippen LogP contribution is 2.45. The summed E-state index contributed by atoms with van der Waals surface area (Å²) in [6.07, 6.45) is 0. The van der Waals surface area contributed by atoms with E-state index in [2.05, 4.69) is 0 Å². The number of carbonyl (C=O) groups excluding carboxylic acids is 1. The Kier molecular flexibility index (Phi) is 6.19. The van der Waals surface area contributed by atoms with Crippen molar-refractivity contribution < 1.29 is 28.5 Å². The monoisotopic (exact) mass is 374 g/mol. The lowest BCUT2D eigenvalue weighted by molar-refractivity contribution is -0.139. The second-order valence-corrected chi connectivity index (χ2v) is 5.57. The predicted molar refractivity (Wildman–Crippen MR) is 96.1 cm³/mol. The minimum Gasteiger partial charge on any atom is -0.493 e. The molecule has 1 heterocycles. The van der Waals surface area contributed by atoms with Crippen molar-refractivity contribution in [1.82, 2.24) is 0 Å². The molecule has 1 atom stereocenters. The minimum absolute atomic E-state index is 0.0678. The third kappa shape index (κ3) is 3.62. The van der Waals surface area contributed by atoms with Crippen LogP contribution in [0.15, 0.2) is 34.9 Å². The second kappa shape index (κ2) is 8.36. The number of carbonyl (C=O) groups is 1. The highest BCUT2D eigenvalue weighted by atomic mass is 16.5. The maximum atomic E-state index is 12.6. The van der Waals surface area contributed by atoms with Crippen LogP contribution >= 0.6 is 0 Å². The van der Waals surface area contributed by atoms with Crippen molar-refractivity contribution in [1.29, 1.82) is 5.26 Å². The van der Waals surface area contributed by atoms with Gasteiger partial charge in [-0.2, -0.15) is 5.26 Å². The lowest BCUT2D eigenvalue weighted by Crippen LogP contribution is -2.25. The Labute approximate surface area is 157 Å². The van der Waals surface area contributed by atoms with E-state index in [4.69, 9.17) is 29.4 Å². The van der Waals surface area contributed by atoms with Gasteiger partial charge in [-0.15, -0.1) is 0 Å². The fourth-order valence-electron chi connectivity index (χ4n) is 2.96. The van der Waals surface area contributed by atoms with Gasteiger partial charge in [-0.1, -0.05) is 0 Å². The molecule has 2 N–H and O–H groups in total. The summed E-state index contributed by atoms with van der Waals surface area (Å²) < 4.78 is 26.6. The summed E-state index contributed by atoms with van der Waals surface area (Å²) in [4.78, 5) is 12.6. The highest BCUT2D eigenvalue weighted by Gasteiger charge is 2.37. The van der Waals surface area contributed by atoms with Gasteiger partial charge in [0, 0.05) is 0 Å². The van der Waals surface area contributed by atoms with Crippen molar-refractivity contribution in [2.45, 2.75) is 19.8 Å². The van der Waals surface area contributed by atoms with Crippen LogP contribution in [0.3, 0.4) is 0 Å². The highest BCUT2D eigenvalue weighted by molar-refractivity contribution is 5.92. The number of benzene rings is 1. The quantitative estimate of drug-likeness (QED) is 0.755. The lowest BCUT2D eigenvalue weighted by atomic mass is 9.83.